The second-order valence-electron chi connectivity index (χ2n) is 8.82. The van der Waals surface area contributed by atoms with Gasteiger partial charge in [0.1, 0.15) is 10.9 Å². The molecule has 0 atom stereocenters. The van der Waals surface area contributed by atoms with Gasteiger partial charge in [0.25, 0.3) is 17.8 Å². The van der Waals surface area contributed by atoms with Crippen molar-refractivity contribution < 1.29 is 34.2 Å². The minimum absolute atomic E-state index is 0.0892. The molecule has 0 unspecified atom stereocenters. The molecule has 0 saturated carbocycles. The summed E-state index contributed by atoms with van der Waals surface area (Å²) in [6.07, 6.45) is 0.160. The van der Waals surface area contributed by atoms with Crippen molar-refractivity contribution in [1.29, 1.82) is 0 Å². The quantitative estimate of drug-likeness (QED) is 0.335. The van der Waals surface area contributed by atoms with Gasteiger partial charge in [0.2, 0.25) is 5.91 Å². The van der Waals surface area contributed by atoms with Crippen LogP contribution < -0.4 is 10.2 Å². The number of aliphatic carboxylic acids is 2. The van der Waals surface area contributed by atoms with Crippen molar-refractivity contribution in [3.63, 3.8) is 0 Å². The van der Waals surface area contributed by atoms with Crippen molar-refractivity contribution in [2.75, 3.05) is 23.3 Å². The van der Waals surface area contributed by atoms with Crippen LogP contribution in [0.1, 0.15) is 36.5 Å². The van der Waals surface area contributed by atoms with Gasteiger partial charge in [-0.3, -0.25) is 33.8 Å². The number of thiocarbonyl (C=S) groups is 1. The van der Waals surface area contributed by atoms with E-state index >= 15 is 0 Å². The number of hydrogen-bond acceptors (Lipinski definition) is 7. The molecule has 2 aliphatic heterocycles. The largest absolute Gasteiger partial charge is 0.481 e. The van der Waals surface area contributed by atoms with Crippen LogP contribution in [0.25, 0.3) is 5.57 Å². The van der Waals surface area contributed by atoms with Crippen LogP contribution in [0.15, 0.2) is 47.4 Å². The van der Waals surface area contributed by atoms with Crippen LogP contribution in [-0.4, -0.2) is 62.2 Å². The number of fused-ring (bicyclic) bond motifs is 1. The van der Waals surface area contributed by atoms with Gasteiger partial charge in [0.05, 0.1) is 16.2 Å². The Morgan fingerprint density at radius 2 is 1.67 bits per heavy atom. The first kappa shape index (κ1) is 29.5. The van der Waals surface area contributed by atoms with E-state index in [4.69, 9.17) is 27.2 Å². The van der Waals surface area contributed by atoms with Gasteiger partial charge in [-0.1, -0.05) is 59.9 Å². The Bertz CT molecular complexity index is 1400. The molecule has 204 valence electrons. The van der Waals surface area contributed by atoms with Gasteiger partial charge in [-0.05, 0) is 38.0 Å². The summed E-state index contributed by atoms with van der Waals surface area (Å²) in [5.74, 6) is -3.02. The number of nitrogens with one attached hydrogen (secondary N) is 1. The Balaban J connectivity index is 0.000000983. The standard InChI is InChI=1S/C25H23N3O5S2.C2H4O2/c1-14-9-10-17(15(2)12-14)26-19(29)13-28-18-7-4-3-6-16(18)21(23(28)32)22-24(33)27(25(34)35-22)11-5-8-20(30)31;1-2(3)4/h3-4,6-7,9-10,12H,5,8,11,13H2,1-2H3,(H,26,29)(H,30,31);1H3,(H,3,4)/b22-21+;. The number of nitrogens with zero attached hydrogens (tertiary/aromatic N) is 2. The molecular weight excluding hydrogens is 542 g/mol. The highest BCUT2D eigenvalue weighted by atomic mass is 32.2. The van der Waals surface area contributed by atoms with Crippen LogP contribution in [0.2, 0.25) is 0 Å². The van der Waals surface area contributed by atoms with Crippen LogP contribution >= 0.6 is 24.0 Å². The van der Waals surface area contributed by atoms with Gasteiger partial charge in [-0.2, -0.15) is 0 Å². The predicted molar refractivity (Wildman–Crippen MR) is 152 cm³/mol. The molecule has 4 rings (SSSR count). The minimum Gasteiger partial charge on any atom is -0.481 e. The van der Waals surface area contributed by atoms with E-state index in [1.54, 1.807) is 24.3 Å². The lowest BCUT2D eigenvalue weighted by molar-refractivity contribution is -0.137. The summed E-state index contributed by atoms with van der Waals surface area (Å²) in [7, 11) is 0. The fourth-order valence-corrected chi connectivity index (χ4v) is 5.45. The molecule has 0 aliphatic carbocycles. The molecule has 0 spiro atoms. The van der Waals surface area contributed by atoms with Gasteiger partial charge in [-0.25, -0.2) is 0 Å². The first-order valence-electron chi connectivity index (χ1n) is 11.9. The van der Waals surface area contributed by atoms with Crippen LogP contribution in [-0.2, 0) is 24.0 Å². The second kappa shape index (κ2) is 12.7. The molecule has 2 heterocycles. The van der Waals surface area contributed by atoms with Gasteiger partial charge in [0, 0.05) is 31.1 Å². The second-order valence-corrected chi connectivity index (χ2v) is 10.5. The normalized spacial score (nSPS) is 16.1. The van der Waals surface area contributed by atoms with E-state index in [9.17, 15) is 19.2 Å². The number of thioether (sulfide) groups is 1. The first-order chi connectivity index (χ1) is 18.4. The number of carbonyl (C=O) groups excluding carboxylic acids is 3. The fourth-order valence-electron chi connectivity index (χ4n) is 4.07. The van der Waals surface area contributed by atoms with E-state index in [1.165, 1.54) is 9.80 Å². The number of amides is 3. The fraction of sp³-hybridized carbons (Fsp3) is 0.259. The summed E-state index contributed by atoms with van der Waals surface area (Å²) in [6.45, 7) is 4.89. The number of aryl methyl sites for hydroxylation is 2. The van der Waals surface area contributed by atoms with E-state index in [0.717, 1.165) is 29.8 Å². The van der Waals surface area contributed by atoms with Gasteiger partial charge >= 0.3 is 5.97 Å². The van der Waals surface area contributed by atoms with Crippen molar-refractivity contribution >= 4 is 74.9 Å². The average Bonchev–Trinajstić information content (AvgIpc) is 3.27. The summed E-state index contributed by atoms with van der Waals surface area (Å²) in [5.41, 5.74) is 3.97. The Morgan fingerprint density at radius 1 is 1.00 bits per heavy atom. The number of anilines is 2. The highest BCUT2D eigenvalue weighted by molar-refractivity contribution is 8.26. The number of carbonyl (C=O) groups is 5. The molecule has 2 aliphatic rings. The maximum Gasteiger partial charge on any atom is 0.303 e. The monoisotopic (exact) mass is 569 g/mol. The molecule has 3 N–H and O–H groups in total. The van der Waals surface area contributed by atoms with Crippen molar-refractivity contribution in [2.45, 2.75) is 33.6 Å². The van der Waals surface area contributed by atoms with E-state index in [0.29, 0.717) is 16.9 Å². The molecule has 12 heteroatoms. The number of carboxylic acids is 2. The van der Waals surface area contributed by atoms with E-state index in [2.05, 4.69) is 5.32 Å². The van der Waals surface area contributed by atoms with E-state index in [-0.39, 0.29) is 46.6 Å². The Kier molecular flexibility index (Phi) is 9.60. The maximum atomic E-state index is 13.5. The van der Waals surface area contributed by atoms with Crippen molar-refractivity contribution in [1.82, 2.24) is 4.90 Å². The van der Waals surface area contributed by atoms with Crippen molar-refractivity contribution in [2.24, 2.45) is 0 Å². The minimum atomic E-state index is -0.955. The van der Waals surface area contributed by atoms with E-state index in [1.807, 2.05) is 32.0 Å². The lowest BCUT2D eigenvalue weighted by Crippen LogP contribution is -2.35. The summed E-state index contributed by atoms with van der Waals surface area (Å²) in [4.78, 5) is 62.2. The zero-order valence-corrected chi connectivity index (χ0v) is 23.1. The summed E-state index contributed by atoms with van der Waals surface area (Å²) >= 11 is 6.36. The molecule has 0 bridgehead atoms. The average molecular weight is 570 g/mol. The Morgan fingerprint density at radius 3 is 2.31 bits per heavy atom. The molecular formula is C27H27N3O7S2. The number of carboxylic acid groups (broad SMARTS) is 2. The topological polar surface area (TPSA) is 144 Å². The number of para-hydroxylation sites is 1. The maximum absolute atomic E-state index is 13.5. The van der Waals surface area contributed by atoms with E-state index < -0.39 is 23.8 Å². The molecule has 39 heavy (non-hydrogen) atoms. The van der Waals surface area contributed by atoms with Crippen LogP contribution in [0.5, 0.6) is 0 Å². The van der Waals surface area contributed by atoms with Gasteiger partial charge in [0.15, 0.2) is 0 Å². The first-order valence-corrected chi connectivity index (χ1v) is 13.1. The van der Waals surface area contributed by atoms with Crippen LogP contribution in [0, 0.1) is 13.8 Å². The van der Waals surface area contributed by atoms with Crippen molar-refractivity contribution in [3.05, 3.63) is 64.1 Å². The predicted octanol–water partition coefficient (Wildman–Crippen LogP) is 3.82. The molecule has 0 radical (unpaired) electrons. The molecule has 1 saturated heterocycles. The lowest BCUT2D eigenvalue weighted by Gasteiger charge is -2.17. The number of benzene rings is 2. The third-order valence-electron chi connectivity index (χ3n) is 5.73. The molecule has 2 aromatic carbocycles. The lowest BCUT2D eigenvalue weighted by atomic mass is 10.1. The Hall–Kier alpha value is -4.03. The summed E-state index contributed by atoms with van der Waals surface area (Å²) in [6, 6.07) is 12.7. The molecule has 0 aromatic heterocycles. The highest BCUT2D eigenvalue weighted by Gasteiger charge is 2.42. The molecule has 2 aromatic rings. The molecule has 1 fully saturated rings. The Labute approximate surface area is 234 Å². The zero-order chi connectivity index (χ0) is 28.9. The zero-order valence-electron chi connectivity index (χ0n) is 21.5. The van der Waals surface area contributed by atoms with Gasteiger partial charge in [-0.15, -0.1) is 0 Å². The van der Waals surface area contributed by atoms with Crippen molar-refractivity contribution in [3.8, 4) is 0 Å². The highest BCUT2D eigenvalue weighted by Crippen LogP contribution is 2.44. The molecule has 3 amide bonds. The third-order valence-corrected chi connectivity index (χ3v) is 7.18. The number of hydrogen-bond donors (Lipinski definition) is 3. The third kappa shape index (κ3) is 7.09. The van der Waals surface area contributed by atoms with Gasteiger partial charge < -0.3 is 15.5 Å². The van der Waals surface area contributed by atoms with Crippen LogP contribution in [0.4, 0.5) is 11.4 Å². The number of rotatable bonds is 7. The summed E-state index contributed by atoms with van der Waals surface area (Å²) < 4.78 is 0.277. The SMILES string of the molecule is CC(=O)O.Cc1ccc(NC(=O)CN2C(=O)/C(=C3/SC(=S)N(CCCC(=O)O)C3=O)c3ccccc32)c(C)c1. The van der Waals surface area contributed by atoms with Crippen LogP contribution in [0.3, 0.4) is 0 Å². The molecule has 10 nitrogen and oxygen atoms in total. The smallest absolute Gasteiger partial charge is 0.303 e. The summed E-state index contributed by atoms with van der Waals surface area (Å²) in [5, 5.41) is 19.1.